The lowest BCUT2D eigenvalue weighted by molar-refractivity contribution is 0.243. The Kier molecular flexibility index (Phi) is 4.72. The summed E-state index contributed by atoms with van der Waals surface area (Å²) in [7, 11) is 0. The average molecular weight is 255 g/mol. The molecular weight excluding hydrogens is 234 g/mol. The molecule has 2 heteroatoms. The van der Waals surface area contributed by atoms with E-state index < -0.39 is 0 Å². The Morgan fingerprint density at radius 1 is 1.05 bits per heavy atom. The van der Waals surface area contributed by atoms with E-state index in [0.717, 1.165) is 6.54 Å². The predicted octanol–water partition coefficient (Wildman–Crippen LogP) is 3.13. The number of benzene rings is 2. The first-order valence-electron chi connectivity index (χ1n) is 6.66. The maximum Gasteiger partial charge on any atom is 0.0626 e. The van der Waals surface area contributed by atoms with Crippen LogP contribution in [0.1, 0.15) is 28.3 Å². The molecule has 0 bridgehead atoms. The van der Waals surface area contributed by atoms with Gasteiger partial charge in [-0.1, -0.05) is 54.1 Å². The fourth-order valence-electron chi connectivity index (χ4n) is 2.25. The molecule has 0 aromatic heterocycles. The molecule has 2 N–H and O–H groups in total. The summed E-state index contributed by atoms with van der Waals surface area (Å²) in [5, 5.41) is 13.0. The summed E-state index contributed by atoms with van der Waals surface area (Å²) in [6.45, 7) is 5.03. The zero-order valence-electron chi connectivity index (χ0n) is 11.6. The van der Waals surface area contributed by atoms with Crippen molar-refractivity contribution in [1.29, 1.82) is 0 Å². The van der Waals surface area contributed by atoms with Crippen molar-refractivity contribution in [3.63, 3.8) is 0 Å². The highest BCUT2D eigenvalue weighted by atomic mass is 16.3. The van der Waals surface area contributed by atoms with Gasteiger partial charge in [-0.2, -0.15) is 0 Å². The number of nitrogens with one attached hydrogen (secondary N) is 1. The van der Waals surface area contributed by atoms with Crippen LogP contribution >= 0.6 is 0 Å². The molecule has 0 heterocycles. The van der Waals surface area contributed by atoms with Gasteiger partial charge in [-0.05, 0) is 30.5 Å². The topological polar surface area (TPSA) is 32.3 Å². The van der Waals surface area contributed by atoms with E-state index >= 15 is 0 Å². The second kappa shape index (κ2) is 6.50. The predicted molar refractivity (Wildman–Crippen MR) is 79.0 cm³/mol. The molecule has 1 atom stereocenters. The maximum absolute atomic E-state index is 9.61. The molecule has 0 spiro atoms. The Hall–Kier alpha value is -1.64. The van der Waals surface area contributed by atoms with Crippen LogP contribution in [0, 0.1) is 13.8 Å². The molecule has 1 unspecified atom stereocenters. The third-order valence-corrected chi connectivity index (χ3v) is 3.39. The number of hydrogen-bond donors (Lipinski definition) is 2. The van der Waals surface area contributed by atoms with Crippen LogP contribution in [0.4, 0.5) is 0 Å². The van der Waals surface area contributed by atoms with Gasteiger partial charge in [0, 0.05) is 6.54 Å². The number of aliphatic hydroxyl groups excluding tert-OH is 1. The van der Waals surface area contributed by atoms with Gasteiger partial charge in [-0.15, -0.1) is 0 Å². The summed E-state index contributed by atoms with van der Waals surface area (Å²) in [5.41, 5.74) is 4.84. The molecular formula is C17H21NO. The van der Waals surface area contributed by atoms with Gasteiger partial charge in [0.05, 0.1) is 12.6 Å². The molecule has 2 rings (SSSR count). The fourth-order valence-corrected chi connectivity index (χ4v) is 2.25. The number of aryl methyl sites for hydroxylation is 2. The van der Waals surface area contributed by atoms with Crippen molar-refractivity contribution in [2.24, 2.45) is 0 Å². The molecule has 0 saturated carbocycles. The van der Waals surface area contributed by atoms with Gasteiger partial charge in [-0.25, -0.2) is 0 Å². The van der Waals surface area contributed by atoms with Crippen molar-refractivity contribution >= 4 is 0 Å². The van der Waals surface area contributed by atoms with E-state index in [1.165, 1.54) is 22.3 Å². The summed E-state index contributed by atoms with van der Waals surface area (Å²) in [6.07, 6.45) is 0. The smallest absolute Gasteiger partial charge is 0.0626 e. The maximum atomic E-state index is 9.61. The minimum Gasteiger partial charge on any atom is -0.394 e. The summed E-state index contributed by atoms with van der Waals surface area (Å²) in [4.78, 5) is 0. The summed E-state index contributed by atoms with van der Waals surface area (Å²) >= 11 is 0. The standard InChI is InChI=1S/C17H21NO/c1-13-8-9-14(2)16(10-13)17(12-19)18-11-15-6-4-3-5-7-15/h3-10,17-19H,11-12H2,1-2H3. The average Bonchev–Trinajstić information content (AvgIpc) is 2.44. The van der Waals surface area contributed by atoms with Gasteiger partial charge in [0.25, 0.3) is 0 Å². The van der Waals surface area contributed by atoms with Gasteiger partial charge >= 0.3 is 0 Å². The summed E-state index contributed by atoms with van der Waals surface area (Å²) in [6, 6.07) is 16.6. The van der Waals surface area contributed by atoms with E-state index in [1.54, 1.807) is 0 Å². The number of hydrogen-bond acceptors (Lipinski definition) is 2. The van der Waals surface area contributed by atoms with Crippen molar-refractivity contribution in [3.8, 4) is 0 Å². The van der Waals surface area contributed by atoms with Gasteiger partial charge in [0.15, 0.2) is 0 Å². The Balaban J connectivity index is 2.10. The third kappa shape index (κ3) is 3.66. The first kappa shape index (κ1) is 13.8. The fraction of sp³-hybridized carbons (Fsp3) is 0.294. The SMILES string of the molecule is Cc1ccc(C)c(C(CO)NCc2ccccc2)c1. The van der Waals surface area contributed by atoms with Gasteiger partial charge in [0.2, 0.25) is 0 Å². The van der Waals surface area contributed by atoms with Crippen LogP contribution < -0.4 is 5.32 Å². The van der Waals surface area contributed by atoms with E-state index in [1.807, 2.05) is 18.2 Å². The van der Waals surface area contributed by atoms with E-state index in [4.69, 9.17) is 0 Å². The monoisotopic (exact) mass is 255 g/mol. The summed E-state index contributed by atoms with van der Waals surface area (Å²) < 4.78 is 0. The Labute approximate surface area is 115 Å². The Morgan fingerprint density at radius 2 is 1.79 bits per heavy atom. The second-order valence-corrected chi connectivity index (χ2v) is 4.96. The molecule has 19 heavy (non-hydrogen) atoms. The number of rotatable bonds is 5. The molecule has 0 amide bonds. The van der Waals surface area contributed by atoms with Crippen LogP contribution in [0.5, 0.6) is 0 Å². The van der Waals surface area contributed by atoms with Gasteiger partial charge in [0.1, 0.15) is 0 Å². The second-order valence-electron chi connectivity index (χ2n) is 4.96. The third-order valence-electron chi connectivity index (χ3n) is 3.39. The molecule has 0 saturated heterocycles. The van der Waals surface area contributed by atoms with Crippen molar-refractivity contribution < 1.29 is 5.11 Å². The van der Waals surface area contributed by atoms with Crippen LogP contribution in [-0.2, 0) is 6.54 Å². The molecule has 2 aromatic carbocycles. The lowest BCUT2D eigenvalue weighted by Crippen LogP contribution is -2.24. The minimum absolute atomic E-state index is 0.0138. The van der Waals surface area contributed by atoms with E-state index in [2.05, 4.69) is 49.5 Å². The number of aliphatic hydroxyl groups is 1. The summed E-state index contributed by atoms with van der Waals surface area (Å²) in [5.74, 6) is 0. The van der Waals surface area contributed by atoms with Crippen molar-refractivity contribution in [2.45, 2.75) is 26.4 Å². The molecule has 0 fully saturated rings. The van der Waals surface area contributed by atoms with Gasteiger partial charge in [-0.3, -0.25) is 0 Å². The zero-order valence-corrected chi connectivity index (χ0v) is 11.6. The Bertz CT molecular complexity index is 522. The molecule has 0 aliphatic rings. The quantitative estimate of drug-likeness (QED) is 0.860. The van der Waals surface area contributed by atoms with Crippen molar-refractivity contribution in [2.75, 3.05) is 6.61 Å². The van der Waals surface area contributed by atoms with E-state index in [0.29, 0.717) is 0 Å². The lowest BCUT2D eigenvalue weighted by atomic mass is 9.99. The van der Waals surface area contributed by atoms with Gasteiger partial charge < -0.3 is 10.4 Å². The largest absolute Gasteiger partial charge is 0.394 e. The lowest BCUT2D eigenvalue weighted by Gasteiger charge is -2.19. The van der Waals surface area contributed by atoms with Crippen LogP contribution in [0.15, 0.2) is 48.5 Å². The van der Waals surface area contributed by atoms with E-state index in [-0.39, 0.29) is 12.6 Å². The zero-order chi connectivity index (χ0) is 13.7. The normalized spacial score (nSPS) is 12.4. The van der Waals surface area contributed by atoms with Crippen LogP contribution in [0.3, 0.4) is 0 Å². The van der Waals surface area contributed by atoms with E-state index in [9.17, 15) is 5.11 Å². The molecule has 0 radical (unpaired) electrons. The molecule has 100 valence electrons. The van der Waals surface area contributed by atoms with Crippen molar-refractivity contribution in [1.82, 2.24) is 5.32 Å². The molecule has 2 aromatic rings. The highest BCUT2D eigenvalue weighted by Crippen LogP contribution is 2.19. The first-order chi connectivity index (χ1) is 9.20. The Morgan fingerprint density at radius 3 is 2.47 bits per heavy atom. The van der Waals surface area contributed by atoms with Crippen LogP contribution in [-0.4, -0.2) is 11.7 Å². The highest BCUT2D eigenvalue weighted by molar-refractivity contribution is 5.33. The van der Waals surface area contributed by atoms with Crippen molar-refractivity contribution in [3.05, 3.63) is 70.8 Å². The highest BCUT2D eigenvalue weighted by Gasteiger charge is 2.12. The first-order valence-corrected chi connectivity index (χ1v) is 6.66. The van der Waals surface area contributed by atoms with Crippen LogP contribution in [0.25, 0.3) is 0 Å². The minimum atomic E-state index is -0.0138. The molecule has 0 aliphatic heterocycles. The molecule has 2 nitrogen and oxygen atoms in total. The molecule has 0 aliphatic carbocycles. The van der Waals surface area contributed by atoms with Crippen LogP contribution in [0.2, 0.25) is 0 Å².